The van der Waals surface area contributed by atoms with Crippen molar-refractivity contribution in [2.45, 2.75) is 25.5 Å². The van der Waals surface area contributed by atoms with E-state index in [9.17, 15) is 9.59 Å². The van der Waals surface area contributed by atoms with Gasteiger partial charge in [-0.3, -0.25) is 9.59 Å². The van der Waals surface area contributed by atoms with E-state index < -0.39 is 0 Å². The van der Waals surface area contributed by atoms with Crippen LogP contribution in [0.3, 0.4) is 0 Å². The molecule has 0 saturated carbocycles. The van der Waals surface area contributed by atoms with Crippen molar-refractivity contribution in [3.8, 4) is 0 Å². The first-order valence-corrected chi connectivity index (χ1v) is 7.74. The van der Waals surface area contributed by atoms with E-state index in [0.717, 1.165) is 25.0 Å². The van der Waals surface area contributed by atoms with E-state index in [4.69, 9.17) is 10.5 Å². The zero-order chi connectivity index (χ0) is 16.6. The van der Waals surface area contributed by atoms with E-state index >= 15 is 0 Å². The Kier molecular flexibility index (Phi) is 4.09. The number of hydrogen-bond donors (Lipinski definition) is 1. The summed E-state index contributed by atoms with van der Waals surface area (Å²) in [4.78, 5) is 26.5. The van der Waals surface area contributed by atoms with Gasteiger partial charge >= 0.3 is 0 Å². The fraction of sp³-hybridized carbons (Fsp3) is 0.412. The summed E-state index contributed by atoms with van der Waals surface area (Å²) in [7, 11) is 3.26. The summed E-state index contributed by atoms with van der Waals surface area (Å²) in [6.07, 6.45) is 3.75. The van der Waals surface area contributed by atoms with Gasteiger partial charge in [-0.05, 0) is 25.0 Å². The fourth-order valence-corrected chi connectivity index (χ4v) is 3.01. The van der Waals surface area contributed by atoms with E-state index in [2.05, 4.69) is 0 Å². The normalized spacial score (nSPS) is 17.6. The Balaban J connectivity index is 2.20. The van der Waals surface area contributed by atoms with Gasteiger partial charge in [-0.2, -0.15) is 0 Å². The second-order valence-corrected chi connectivity index (χ2v) is 6.10. The zero-order valence-corrected chi connectivity index (χ0v) is 13.4. The lowest BCUT2D eigenvalue weighted by atomic mass is 10.1. The van der Waals surface area contributed by atoms with E-state index in [1.54, 1.807) is 26.4 Å². The van der Waals surface area contributed by atoms with E-state index in [0.29, 0.717) is 17.6 Å². The molecular formula is C17H21N3O3. The largest absolute Gasteiger partial charge is 0.398 e. The summed E-state index contributed by atoms with van der Waals surface area (Å²) in [5.41, 5.74) is 6.96. The number of fused-ring (bicyclic) bond motifs is 1. The molecule has 1 aliphatic heterocycles. The highest BCUT2D eigenvalue weighted by atomic mass is 16.5. The van der Waals surface area contributed by atoms with Crippen LogP contribution in [-0.4, -0.2) is 42.2 Å². The van der Waals surface area contributed by atoms with Crippen LogP contribution in [0.25, 0.3) is 10.9 Å². The third-order valence-electron chi connectivity index (χ3n) is 4.20. The first-order valence-electron chi connectivity index (χ1n) is 7.74. The molecule has 0 spiro atoms. The van der Waals surface area contributed by atoms with Gasteiger partial charge in [-0.25, -0.2) is 0 Å². The fourth-order valence-electron chi connectivity index (χ4n) is 3.01. The number of benzene rings is 1. The van der Waals surface area contributed by atoms with Gasteiger partial charge in [0.15, 0.2) is 0 Å². The summed E-state index contributed by atoms with van der Waals surface area (Å²) in [5.74, 6) is -0.318. The smallest absolute Gasteiger partial charge is 0.258 e. The Hall–Kier alpha value is -2.34. The lowest BCUT2D eigenvalue weighted by molar-refractivity contribution is 0.0822. The highest BCUT2D eigenvalue weighted by Gasteiger charge is 2.21. The van der Waals surface area contributed by atoms with E-state index in [1.165, 1.54) is 4.90 Å². The van der Waals surface area contributed by atoms with Gasteiger partial charge in [0.1, 0.15) is 5.56 Å². The number of nitrogens with two attached hydrogens (primary N) is 1. The Morgan fingerprint density at radius 3 is 2.87 bits per heavy atom. The van der Waals surface area contributed by atoms with Crippen molar-refractivity contribution < 1.29 is 9.53 Å². The second-order valence-electron chi connectivity index (χ2n) is 6.10. The number of pyridine rings is 1. The van der Waals surface area contributed by atoms with Crippen LogP contribution in [-0.2, 0) is 11.3 Å². The number of anilines is 1. The number of ether oxygens (including phenoxy) is 1. The van der Waals surface area contributed by atoms with Crippen LogP contribution in [0.4, 0.5) is 5.69 Å². The number of amides is 1. The minimum absolute atomic E-state index is 0.101. The van der Waals surface area contributed by atoms with Gasteiger partial charge in [0.05, 0.1) is 17.0 Å². The van der Waals surface area contributed by atoms with Crippen molar-refractivity contribution in [1.82, 2.24) is 9.47 Å². The van der Waals surface area contributed by atoms with Crippen LogP contribution >= 0.6 is 0 Å². The molecule has 1 aromatic carbocycles. The van der Waals surface area contributed by atoms with Crippen molar-refractivity contribution in [3.63, 3.8) is 0 Å². The van der Waals surface area contributed by atoms with Crippen molar-refractivity contribution in [3.05, 3.63) is 40.2 Å². The summed E-state index contributed by atoms with van der Waals surface area (Å²) in [6.45, 7) is 1.36. The summed E-state index contributed by atoms with van der Waals surface area (Å²) >= 11 is 0. The molecule has 122 valence electrons. The van der Waals surface area contributed by atoms with Gasteiger partial charge in [-0.15, -0.1) is 0 Å². The van der Waals surface area contributed by atoms with Crippen LogP contribution in [0.2, 0.25) is 0 Å². The maximum atomic E-state index is 12.7. The molecule has 1 aromatic heterocycles. The van der Waals surface area contributed by atoms with Crippen molar-refractivity contribution in [1.29, 1.82) is 0 Å². The van der Waals surface area contributed by atoms with Gasteiger partial charge in [0.2, 0.25) is 5.43 Å². The van der Waals surface area contributed by atoms with Crippen LogP contribution in [0.1, 0.15) is 23.2 Å². The predicted octanol–water partition coefficient (Wildman–Crippen LogP) is 1.46. The third kappa shape index (κ3) is 2.82. The first-order chi connectivity index (χ1) is 11.0. The molecule has 3 rings (SSSR count). The van der Waals surface area contributed by atoms with Crippen molar-refractivity contribution >= 4 is 22.5 Å². The highest BCUT2D eigenvalue weighted by Crippen LogP contribution is 2.21. The Labute approximate surface area is 134 Å². The Morgan fingerprint density at radius 2 is 2.22 bits per heavy atom. The Morgan fingerprint density at radius 1 is 1.43 bits per heavy atom. The average Bonchev–Trinajstić information content (AvgIpc) is 3.02. The van der Waals surface area contributed by atoms with Crippen LogP contribution in [0, 0.1) is 0 Å². The number of carbonyl (C=O) groups excluding carboxylic acids is 1. The molecule has 1 fully saturated rings. The maximum Gasteiger partial charge on any atom is 0.258 e. The lowest BCUT2D eigenvalue weighted by Gasteiger charge is -2.18. The molecule has 2 heterocycles. The van der Waals surface area contributed by atoms with E-state index in [-0.39, 0.29) is 23.0 Å². The summed E-state index contributed by atoms with van der Waals surface area (Å²) < 4.78 is 7.60. The molecule has 0 radical (unpaired) electrons. The van der Waals surface area contributed by atoms with Gasteiger partial charge in [0, 0.05) is 39.1 Å². The molecule has 0 aliphatic carbocycles. The van der Waals surface area contributed by atoms with E-state index in [1.807, 2.05) is 16.7 Å². The molecular weight excluding hydrogens is 294 g/mol. The number of nitrogens with zero attached hydrogens (tertiary/aromatic N) is 2. The standard InChI is InChI=1S/C17H21N3O3/c1-19(2)17(22)12-10-20(9-11-5-4-8-23-11)14-7-3-6-13(18)15(14)16(12)21/h3,6-7,10-11H,4-5,8-9,18H2,1-2H3. The molecule has 6 heteroatoms. The second kappa shape index (κ2) is 6.04. The van der Waals surface area contributed by atoms with Crippen molar-refractivity contribution in [2.75, 3.05) is 26.4 Å². The molecule has 2 N–H and O–H groups in total. The first kappa shape index (κ1) is 15.6. The van der Waals surface area contributed by atoms with Crippen LogP contribution < -0.4 is 11.2 Å². The number of nitrogen functional groups attached to an aromatic ring is 1. The molecule has 2 aromatic rings. The maximum absolute atomic E-state index is 12.7. The van der Waals surface area contributed by atoms with Crippen molar-refractivity contribution in [2.24, 2.45) is 0 Å². The monoisotopic (exact) mass is 315 g/mol. The molecule has 6 nitrogen and oxygen atoms in total. The topological polar surface area (TPSA) is 77.6 Å². The van der Waals surface area contributed by atoms with Crippen LogP contribution in [0.5, 0.6) is 0 Å². The molecule has 0 bridgehead atoms. The highest BCUT2D eigenvalue weighted by molar-refractivity contribution is 5.99. The quantitative estimate of drug-likeness (QED) is 0.870. The number of rotatable bonds is 3. The predicted molar refractivity (Wildman–Crippen MR) is 89.6 cm³/mol. The Bertz CT molecular complexity index is 805. The molecule has 1 unspecified atom stereocenters. The van der Waals surface area contributed by atoms with Gasteiger partial charge in [-0.1, -0.05) is 6.07 Å². The number of hydrogen-bond acceptors (Lipinski definition) is 4. The third-order valence-corrected chi connectivity index (χ3v) is 4.20. The number of aromatic nitrogens is 1. The molecule has 1 saturated heterocycles. The average molecular weight is 315 g/mol. The zero-order valence-electron chi connectivity index (χ0n) is 13.4. The van der Waals surface area contributed by atoms with Crippen LogP contribution in [0.15, 0.2) is 29.2 Å². The minimum Gasteiger partial charge on any atom is -0.398 e. The molecule has 23 heavy (non-hydrogen) atoms. The minimum atomic E-state index is -0.319. The summed E-state index contributed by atoms with van der Waals surface area (Å²) in [6, 6.07) is 5.35. The molecule has 1 amide bonds. The van der Waals surface area contributed by atoms with Gasteiger partial charge in [0.25, 0.3) is 5.91 Å². The number of carbonyl (C=O) groups is 1. The van der Waals surface area contributed by atoms with Gasteiger partial charge < -0.3 is 19.9 Å². The molecule has 1 atom stereocenters. The lowest BCUT2D eigenvalue weighted by Crippen LogP contribution is -2.30. The SMILES string of the molecule is CN(C)C(=O)c1cn(CC2CCCO2)c2cccc(N)c2c1=O. The molecule has 1 aliphatic rings. The summed E-state index contributed by atoms with van der Waals surface area (Å²) in [5, 5.41) is 0.401.